The molecule has 0 unspecified atom stereocenters. The molecule has 0 aromatic rings. The second-order valence-corrected chi connectivity index (χ2v) is 3.68. The molecule has 0 aromatic carbocycles. The predicted octanol–water partition coefficient (Wildman–Crippen LogP) is 3.11. The van der Waals surface area contributed by atoms with E-state index >= 15 is 0 Å². The summed E-state index contributed by atoms with van der Waals surface area (Å²) >= 11 is 0. The predicted molar refractivity (Wildman–Crippen MR) is 54.3 cm³/mol. The van der Waals surface area contributed by atoms with E-state index in [0.29, 0.717) is 0 Å². The summed E-state index contributed by atoms with van der Waals surface area (Å²) in [5, 5.41) is 0. The number of hydrogen-bond acceptors (Lipinski definition) is 2. The number of carbonyl (C=O) groups excluding carboxylic acids is 1. The minimum atomic E-state index is -0.284. The van der Waals surface area contributed by atoms with E-state index in [-0.39, 0.29) is 44.3 Å². The summed E-state index contributed by atoms with van der Waals surface area (Å²) in [5.74, 6) is 0.654. The second-order valence-electron chi connectivity index (χ2n) is 3.68. The van der Waals surface area contributed by atoms with Gasteiger partial charge in [-0.05, 0) is 19.8 Å². The monoisotopic (exact) mass is 274 g/mol. The Hall–Kier alpha value is 0.444. The first-order chi connectivity index (χ1) is 5.99. The van der Waals surface area contributed by atoms with Gasteiger partial charge in [0.15, 0.2) is 5.97 Å². The average Bonchev–Trinajstić information content (AvgIpc) is 2.16. The molecule has 0 rings (SSSR count). The van der Waals surface area contributed by atoms with Gasteiger partial charge in [-0.2, -0.15) is 13.3 Å². The Kier molecular flexibility index (Phi) is 9.27. The first-order valence-electron chi connectivity index (χ1n) is 5.04. The SMILES string of the molecule is CC[C-](C)C(=O)OC(C)(CC)CC.[Y]. The van der Waals surface area contributed by atoms with Crippen molar-refractivity contribution >= 4 is 5.97 Å². The molecule has 0 aromatic heterocycles. The maximum atomic E-state index is 11.4. The van der Waals surface area contributed by atoms with Gasteiger partial charge in [0.05, 0.1) is 0 Å². The summed E-state index contributed by atoms with van der Waals surface area (Å²) in [6.45, 7) is 9.85. The Morgan fingerprint density at radius 3 is 2.00 bits per heavy atom. The van der Waals surface area contributed by atoms with Crippen molar-refractivity contribution in [3.8, 4) is 0 Å². The van der Waals surface area contributed by atoms with Gasteiger partial charge in [-0.25, -0.2) is 0 Å². The van der Waals surface area contributed by atoms with Crippen molar-refractivity contribution in [2.45, 2.75) is 59.5 Å². The van der Waals surface area contributed by atoms with Crippen molar-refractivity contribution in [1.82, 2.24) is 0 Å². The van der Waals surface area contributed by atoms with E-state index in [9.17, 15) is 4.79 Å². The topological polar surface area (TPSA) is 26.3 Å². The molecule has 0 aliphatic heterocycles. The van der Waals surface area contributed by atoms with Gasteiger partial charge in [0.25, 0.3) is 0 Å². The molecule has 81 valence electrons. The minimum absolute atomic E-state index is 0. The zero-order valence-electron chi connectivity index (χ0n) is 10.0. The van der Waals surface area contributed by atoms with Crippen molar-refractivity contribution in [3.05, 3.63) is 5.92 Å². The summed E-state index contributed by atoms with van der Waals surface area (Å²) in [7, 11) is 0. The zero-order valence-corrected chi connectivity index (χ0v) is 12.9. The van der Waals surface area contributed by atoms with Crippen molar-refractivity contribution in [2.24, 2.45) is 0 Å². The van der Waals surface area contributed by atoms with Gasteiger partial charge in [-0.15, -0.1) is 0 Å². The summed E-state index contributed by atoms with van der Waals surface area (Å²) < 4.78 is 5.41. The molecule has 0 amide bonds. The number of hydrogen-bond donors (Lipinski definition) is 0. The van der Waals surface area contributed by atoms with Crippen LogP contribution in [0.25, 0.3) is 0 Å². The van der Waals surface area contributed by atoms with E-state index in [2.05, 4.69) is 0 Å². The average molecular weight is 274 g/mol. The molecular weight excluding hydrogens is 253 g/mol. The summed E-state index contributed by atoms with van der Waals surface area (Å²) in [5.41, 5.74) is -0.284. The maximum Gasteiger partial charge on any atom is 0.170 e. The fourth-order valence-electron chi connectivity index (χ4n) is 0.850. The fourth-order valence-corrected chi connectivity index (χ4v) is 0.850. The Morgan fingerprint density at radius 2 is 1.71 bits per heavy atom. The van der Waals surface area contributed by atoms with Crippen molar-refractivity contribution < 1.29 is 42.2 Å². The summed E-state index contributed by atoms with van der Waals surface area (Å²) in [4.78, 5) is 11.4. The van der Waals surface area contributed by atoms with Crippen LogP contribution in [0.3, 0.4) is 0 Å². The van der Waals surface area contributed by atoms with Crippen molar-refractivity contribution in [1.29, 1.82) is 0 Å². The Balaban J connectivity index is 0. The van der Waals surface area contributed by atoms with Crippen LogP contribution in [0.15, 0.2) is 0 Å². The normalized spacial score (nSPS) is 10.4. The second kappa shape index (κ2) is 7.70. The van der Waals surface area contributed by atoms with Gasteiger partial charge in [0.2, 0.25) is 0 Å². The van der Waals surface area contributed by atoms with Crippen LogP contribution in [0.4, 0.5) is 0 Å². The number of carbonyl (C=O) groups is 1. The van der Waals surface area contributed by atoms with Crippen LogP contribution in [-0.4, -0.2) is 11.6 Å². The standard InChI is InChI=1S/C11H21O2.Y/c1-6-9(4)10(12)13-11(5,7-2)8-3;/h6-8H2,1-5H3;/q-1;. The van der Waals surface area contributed by atoms with Crippen LogP contribution < -0.4 is 0 Å². The summed E-state index contributed by atoms with van der Waals surface area (Å²) in [6, 6.07) is 0. The Labute approximate surface area is 113 Å². The third kappa shape index (κ3) is 5.36. The first kappa shape index (κ1) is 16.9. The van der Waals surface area contributed by atoms with Crippen LogP contribution in [0.2, 0.25) is 0 Å². The van der Waals surface area contributed by atoms with Crippen molar-refractivity contribution in [3.63, 3.8) is 0 Å². The number of ether oxygens (including phenoxy) is 1. The molecule has 0 spiro atoms. The molecule has 0 saturated carbocycles. The fraction of sp³-hybridized carbons (Fsp3) is 0.818. The number of rotatable bonds is 5. The zero-order chi connectivity index (χ0) is 10.5. The van der Waals surface area contributed by atoms with Crippen LogP contribution in [0, 0.1) is 5.92 Å². The Morgan fingerprint density at radius 1 is 1.29 bits per heavy atom. The molecule has 0 atom stereocenters. The van der Waals surface area contributed by atoms with E-state index in [1.807, 2.05) is 34.6 Å². The molecule has 2 nitrogen and oxygen atoms in total. The molecule has 0 saturated heterocycles. The Bertz CT molecular complexity index is 165. The molecule has 0 N–H and O–H groups in total. The molecular formula is C11H21O2Y-. The maximum absolute atomic E-state index is 11.4. The molecule has 1 radical (unpaired) electrons. The molecule has 0 bridgehead atoms. The smallest absolute Gasteiger partial charge is 0.170 e. The quantitative estimate of drug-likeness (QED) is 0.568. The van der Waals surface area contributed by atoms with Crippen LogP contribution >= 0.6 is 0 Å². The van der Waals surface area contributed by atoms with Gasteiger partial charge in [0.1, 0.15) is 5.60 Å². The van der Waals surface area contributed by atoms with E-state index in [1.54, 1.807) is 0 Å². The number of esters is 1. The summed E-state index contributed by atoms with van der Waals surface area (Å²) in [6.07, 6.45) is 2.50. The molecule has 0 heterocycles. The van der Waals surface area contributed by atoms with Gasteiger partial charge in [0, 0.05) is 32.7 Å². The van der Waals surface area contributed by atoms with Gasteiger partial charge < -0.3 is 4.74 Å². The van der Waals surface area contributed by atoms with Crippen LogP contribution in [0.1, 0.15) is 53.9 Å². The minimum Gasteiger partial charge on any atom is -0.482 e. The van der Waals surface area contributed by atoms with E-state index in [1.165, 1.54) is 0 Å². The third-order valence-electron chi connectivity index (χ3n) is 2.71. The van der Waals surface area contributed by atoms with E-state index < -0.39 is 0 Å². The molecule has 0 aliphatic rings. The van der Waals surface area contributed by atoms with Crippen LogP contribution in [0.5, 0.6) is 0 Å². The van der Waals surface area contributed by atoms with E-state index in [4.69, 9.17) is 4.74 Å². The van der Waals surface area contributed by atoms with Gasteiger partial charge >= 0.3 is 0 Å². The van der Waals surface area contributed by atoms with Gasteiger partial charge in [-0.3, -0.25) is 10.7 Å². The first-order valence-corrected chi connectivity index (χ1v) is 5.04. The van der Waals surface area contributed by atoms with E-state index in [0.717, 1.165) is 25.2 Å². The molecule has 3 heteroatoms. The largest absolute Gasteiger partial charge is 0.482 e. The molecule has 0 aliphatic carbocycles. The molecule has 0 fully saturated rings. The third-order valence-corrected chi connectivity index (χ3v) is 2.71. The van der Waals surface area contributed by atoms with Crippen molar-refractivity contribution in [2.75, 3.05) is 0 Å². The van der Waals surface area contributed by atoms with Crippen LogP contribution in [-0.2, 0) is 42.2 Å². The molecule has 14 heavy (non-hydrogen) atoms. The van der Waals surface area contributed by atoms with Gasteiger partial charge in [-0.1, -0.05) is 20.8 Å².